The average Bonchev–Trinajstić information content (AvgIpc) is 1.85. The lowest BCUT2D eigenvalue weighted by Gasteiger charge is -2.07. The van der Waals surface area contributed by atoms with E-state index >= 15 is 0 Å². The van der Waals surface area contributed by atoms with Crippen molar-refractivity contribution in [3.63, 3.8) is 0 Å². The fourth-order valence-corrected chi connectivity index (χ4v) is 1.58. The summed E-state index contributed by atoms with van der Waals surface area (Å²) in [7, 11) is -3.75. The molecule has 0 aromatic carbocycles. The van der Waals surface area contributed by atoms with Crippen molar-refractivity contribution < 1.29 is 14.4 Å². The highest BCUT2D eigenvalue weighted by Crippen LogP contribution is 2.07. The van der Waals surface area contributed by atoms with E-state index < -0.39 is 8.80 Å². The molecule has 0 saturated heterocycles. The van der Waals surface area contributed by atoms with Crippen molar-refractivity contribution in [3.8, 4) is 0 Å². The zero-order valence-corrected chi connectivity index (χ0v) is 7.66. The Morgan fingerprint density at radius 1 is 0.909 bits per heavy atom. The van der Waals surface area contributed by atoms with Gasteiger partial charge >= 0.3 is 8.80 Å². The van der Waals surface area contributed by atoms with Gasteiger partial charge < -0.3 is 20.1 Å². The molecule has 0 rings (SSSR count). The Balaban J connectivity index is 3.02. The molecule has 0 spiro atoms. The van der Waals surface area contributed by atoms with Crippen LogP contribution in [-0.4, -0.2) is 29.7 Å². The lowest BCUT2D eigenvalue weighted by Crippen LogP contribution is -2.33. The minimum atomic E-state index is -3.75. The fraction of sp³-hybridized carbons (Fsp3) is 1.00. The maximum Gasteiger partial charge on any atom is 0.492 e. The zero-order valence-electron chi connectivity index (χ0n) is 6.66. The van der Waals surface area contributed by atoms with Crippen molar-refractivity contribution in [1.82, 2.24) is 0 Å². The van der Waals surface area contributed by atoms with Gasteiger partial charge in [-0.1, -0.05) is 12.8 Å². The number of hydrogen-bond donors (Lipinski definition) is 4. The normalized spacial score (nSPS) is 12.0. The molecular formula is C6H17NO3Si. The maximum absolute atomic E-state index is 8.60. The molecular weight excluding hydrogens is 162 g/mol. The number of nitrogens with two attached hydrogens (primary N) is 1. The molecule has 11 heavy (non-hydrogen) atoms. The van der Waals surface area contributed by atoms with Crippen LogP contribution in [0.15, 0.2) is 0 Å². The molecule has 0 aliphatic carbocycles. The molecule has 0 aliphatic rings. The Morgan fingerprint density at radius 2 is 1.45 bits per heavy atom. The lowest BCUT2D eigenvalue weighted by molar-refractivity contribution is 0.226. The van der Waals surface area contributed by atoms with Gasteiger partial charge in [-0.25, -0.2) is 0 Å². The number of unbranched alkanes of at least 4 members (excludes halogenated alkanes) is 3. The summed E-state index contributed by atoms with van der Waals surface area (Å²) in [5.41, 5.74) is 5.26. The summed E-state index contributed by atoms with van der Waals surface area (Å²) in [6.07, 6.45) is 3.56. The van der Waals surface area contributed by atoms with E-state index in [4.69, 9.17) is 20.1 Å². The van der Waals surface area contributed by atoms with E-state index in [0.717, 1.165) is 19.3 Å². The molecule has 4 nitrogen and oxygen atoms in total. The third-order valence-corrected chi connectivity index (χ3v) is 2.49. The molecule has 0 heterocycles. The van der Waals surface area contributed by atoms with Crippen LogP contribution in [0.3, 0.4) is 0 Å². The first-order chi connectivity index (χ1) is 5.06. The summed E-state index contributed by atoms with van der Waals surface area (Å²) in [6.45, 7) is 0.681. The zero-order chi connectivity index (χ0) is 8.74. The van der Waals surface area contributed by atoms with Crippen molar-refractivity contribution in [1.29, 1.82) is 0 Å². The molecule has 0 amide bonds. The highest BCUT2D eigenvalue weighted by molar-refractivity contribution is 6.56. The van der Waals surface area contributed by atoms with E-state index in [1.165, 1.54) is 0 Å². The molecule has 68 valence electrons. The summed E-state index contributed by atoms with van der Waals surface area (Å²) in [5, 5.41) is 0. The lowest BCUT2D eigenvalue weighted by atomic mass is 10.2. The van der Waals surface area contributed by atoms with Crippen LogP contribution >= 0.6 is 0 Å². The SMILES string of the molecule is NCCCCCC[Si](O)(O)O. The Bertz CT molecular complexity index is 94.3. The van der Waals surface area contributed by atoms with Crippen LogP contribution < -0.4 is 5.73 Å². The highest BCUT2D eigenvalue weighted by Gasteiger charge is 2.25. The first kappa shape index (κ1) is 11.1. The van der Waals surface area contributed by atoms with E-state index in [-0.39, 0.29) is 6.04 Å². The predicted octanol–water partition coefficient (Wildman–Crippen LogP) is -0.579. The van der Waals surface area contributed by atoms with Crippen molar-refractivity contribution in [2.45, 2.75) is 31.7 Å². The molecule has 5 N–H and O–H groups in total. The van der Waals surface area contributed by atoms with E-state index in [1.54, 1.807) is 0 Å². The van der Waals surface area contributed by atoms with Crippen LogP contribution in [0.25, 0.3) is 0 Å². The second-order valence-corrected chi connectivity index (χ2v) is 4.78. The summed E-state index contributed by atoms with van der Waals surface area (Å²) in [6, 6.07) is 0.150. The molecule has 0 aliphatic heterocycles. The number of rotatable bonds is 6. The smallest absolute Gasteiger partial charge is 0.390 e. The largest absolute Gasteiger partial charge is 0.492 e. The van der Waals surface area contributed by atoms with Gasteiger partial charge in [-0.3, -0.25) is 0 Å². The minimum absolute atomic E-state index is 0.150. The van der Waals surface area contributed by atoms with Gasteiger partial charge in [0.15, 0.2) is 0 Å². The monoisotopic (exact) mass is 179 g/mol. The fourth-order valence-electron chi connectivity index (χ4n) is 0.860. The topological polar surface area (TPSA) is 86.7 Å². The van der Waals surface area contributed by atoms with Gasteiger partial charge in [-0.15, -0.1) is 0 Å². The van der Waals surface area contributed by atoms with Crippen molar-refractivity contribution in [2.75, 3.05) is 6.54 Å². The summed E-state index contributed by atoms with van der Waals surface area (Å²) in [5.74, 6) is 0. The van der Waals surface area contributed by atoms with Crippen molar-refractivity contribution in [2.24, 2.45) is 5.73 Å². The third kappa shape index (κ3) is 10.1. The molecule has 0 radical (unpaired) electrons. The highest BCUT2D eigenvalue weighted by atomic mass is 28.4. The van der Waals surface area contributed by atoms with Gasteiger partial charge in [-0.2, -0.15) is 0 Å². The van der Waals surface area contributed by atoms with Gasteiger partial charge in [0, 0.05) is 6.04 Å². The standard InChI is InChI=1S/C6H17NO3Si/c7-5-3-1-2-4-6-11(8,9)10/h8-10H,1-7H2. The van der Waals surface area contributed by atoms with Crippen LogP contribution in [0.2, 0.25) is 6.04 Å². The Hall–Kier alpha value is 0.0569. The van der Waals surface area contributed by atoms with E-state index in [0.29, 0.717) is 13.0 Å². The van der Waals surface area contributed by atoms with Crippen LogP contribution in [0.4, 0.5) is 0 Å². The maximum atomic E-state index is 8.60. The van der Waals surface area contributed by atoms with Crippen LogP contribution in [0, 0.1) is 0 Å². The quantitative estimate of drug-likeness (QED) is 0.324. The van der Waals surface area contributed by atoms with Gasteiger partial charge in [-0.05, 0) is 19.4 Å². The Morgan fingerprint density at radius 3 is 1.91 bits per heavy atom. The average molecular weight is 179 g/mol. The van der Waals surface area contributed by atoms with Gasteiger partial charge in [0.05, 0.1) is 0 Å². The second-order valence-electron chi connectivity index (χ2n) is 2.73. The molecule has 0 aromatic heterocycles. The van der Waals surface area contributed by atoms with E-state index in [9.17, 15) is 0 Å². The van der Waals surface area contributed by atoms with E-state index in [1.807, 2.05) is 0 Å². The minimum Gasteiger partial charge on any atom is -0.390 e. The molecule has 0 unspecified atom stereocenters. The van der Waals surface area contributed by atoms with Crippen molar-refractivity contribution >= 4 is 8.80 Å². The number of hydrogen-bond acceptors (Lipinski definition) is 4. The van der Waals surface area contributed by atoms with E-state index in [2.05, 4.69) is 0 Å². The summed E-state index contributed by atoms with van der Waals surface area (Å²) < 4.78 is 0. The molecule has 0 saturated carbocycles. The predicted molar refractivity (Wildman–Crippen MR) is 44.7 cm³/mol. The van der Waals surface area contributed by atoms with Gasteiger partial charge in [0.25, 0.3) is 0 Å². The molecule has 5 heteroatoms. The van der Waals surface area contributed by atoms with Crippen LogP contribution in [-0.2, 0) is 0 Å². The third-order valence-electron chi connectivity index (χ3n) is 1.47. The molecule has 0 fully saturated rings. The summed E-state index contributed by atoms with van der Waals surface area (Å²) in [4.78, 5) is 25.8. The Labute approximate surface area is 68.0 Å². The Kier molecular flexibility index (Phi) is 5.70. The van der Waals surface area contributed by atoms with Gasteiger partial charge in [0.1, 0.15) is 0 Å². The molecule has 0 atom stereocenters. The van der Waals surface area contributed by atoms with Crippen molar-refractivity contribution in [3.05, 3.63) is 0 Å². The van der Waals surface area contributed by atoms with Crippen LogP contribution in [0.1, 0.15) is 25.7 Å². The first-order valence-corrected chi connectivity index (χ1v) is 5.98. The first-order valence-electron chi connectivity index (χ1n) is 3.93. The molecule has 0 bridgehead atoms. The molecule has 0 aromatic rings. The second kappa shape index (κ2) is 5.67. The van der Waals surface area contributed by atoms with Gasteiger partial charge in [0.2, 0.25) is 0 Å². The van der Waals surface area contributed by atoms with Crippen LogP contribution in [0.5, 0.6) is 0 Å². The summed E-state index contributed by atoms with van der Waals surface area (Å²) >= 11 is 0.